The number of rotatable bonds is 12. The molecule has 3 atom stereocenters. The van der Waals surface area contributed by atoms with Crippen LogP contribution in [0.3, 0.4) is 0 Å². The van der Waals surface area contributed by atoms with Gasteiger partial charge in [-0.2, -0.15) is 0 Å². The van der Waals surface area contributed by atoms with Crippen molar-refractivity contribution in [1.29, 1.82) is 0 Å². The van der Waals surface area contributed by atoms with Gasteiger partial charge in [-0.15, -0.1) is 0 Å². The van der Waals surface area contributed by atoms with Crippen molar-refractivity contribution in [2.75, 3.05) is 0 Å². The molecule has 220 valence electrons. The fourth-order valence-electron chi connectivity index (χ4n) is 8.37. The summed E-state index contributed by atoms with van der Waals surface area (Å²) in [5.41, 5.74) is 0.383. The van der Waals surface area contributed by atoms with Gasteiger partial charge in [-0.05, 0) is 61.7 Å². The fraction of sp³-hybridized carbons (Fsp3) is 0.829. The quantitative estimate of drug-likeness (QED) is 0.247. The molecule has 39 heavy (non-hydrogen) atoms. The number of ether oxygens (including phenoxy) is 1. The Morgan fingerprint density at radius 2 is 1.41 bits per heavy atom. The van der Waals surface area contributed by atoms with Gasteiger partial charge in [0.05, 0.1) is 5.56 Å². The van der Waals surface area contributed by atoms with Crippen LogP contribution < -0.4 is 10.4 Å². The first-order chi connectivity index (χ1) is 19.0. The molecule has 1 aromatic heterocycles. The third-order valence-electron chi connectivity index (χ3n) is 10.7. The van der Waals surface area contributed by atoms with Gasteiger partial charge in [0.2, 0.25) is 0 Å². The largest absolute Gasteiger partial charge is 0.427 e. The smallest absolute Gasteiger partial charge is 0.343 e. The Morgan fingerprint density at radius 1 is 0.821 bits per heavy atom. The lowest BCUT2D eigenvalue weighted by atomic mass is 9.75. The number of hydrogen-bond donors (Lipinski definition) is 0. The zero-order valence-corrected chi connectivity index (χ0v) is 25.3. The van der Waals surface area contributed by atoms with Crippen molar-refractivity contribution in [3.8, 4) is 5.75 Å². The lowest BCUT2D eigenvalue weighted by Crippen LogP contribution is -2.26. The summed E-state index contributed by atoms with van der Waals surface area (Å²) >= 11 is 0. The second-order valence-electron chi connectivity index (χ2n) is 13.2. The molecule has 0 bridgehead atoms. The third kappa shape index (κ3) is 8.23. The second-order valence-corrected chi connectivity index (χ2v) is 13.2. The standard InChI is InChI=1S/C35H56O4/c1-4-26(28-18-12-8-13-19-28)23-33(36)38-32-24-31(27(5-2)22-25-16-10-7-11-17-25)39-35(37)34(32)30(6-3)29-20-14-9-15-21-29/h24-30H,4-23H2,1-3H3/t26?,27?,30-/m1/s1. The molecule has 0 radical (unpaired) electrons. The minimum Gasteiger partial charge on any atom is -0.427 e. The summed E-state index contributed by atoms with van der Waals surface area (Å²) in [6.45, 7) is 6.58. The molecule has 0 aliphatic heterocycles. The minimum atomic E-state index is -0.255. The number of carbonyl (C=O) groups excluding carboxylic acids is 1. The summed E-state index contributed by atoms with van der Waals surface area (Å²) in [5.74, 6) is 3.54. The van der Waals surface area contributed by atoms with E-state index in [2.05, 4.69) is 20.8 Å². The molecule has 4 nitrogen and oxygen atoms in total. The summed E-state index contributed by atoms with van der Waals surface area (Å²) in [4.78, 5) is 27.3. The van der Waals surface area contributed by atoms with Gasteiger partial charge in [0.25, 0.3) is 0 Å². The van der Waals surface area contributed by atoms with Crippen molar-refractivity contribution >= 4 is 5.97 Å². The first-order valence-electron chi connectivity index (χ1n) is 16.9. The molecule has 0 saturated heterocycles. The molecule has 1 heterocycles. The van der Waals surface area contributed by atoms with Crippen LogP contribution in [0.25, 0.3) is 0 Å². The zero-order valence-electron chi connectivity index (χ0n) is 25.3. The number of esters is 1. The molecule has 3 fully saturated rings. The van der Waals surface area contributed by atoms with E-state index < -0.39 is 0 Å². The van der Waals surface area contributed by atoms with Crippen molar-refractivity contribution in [2.45, 2.75) is 161 Å². The van der Waals surface area contributed by atoms with Crippen LogP contribution in [-0.2, 0) is 4.79 Å². The average molecular weight is 541 g/mol. The van der Waals surface area contributed by atoms with Crippen molar-refractivity contribution < 1.29 is 13.9 Å². The van der Waals surface area contributed by atoms with Crippen LogP contribution in [-0.4, -0.2) is 5.97 Å². The van der Waals surface area contributed by atoms with E-state index >= 15 is 0 Å². The topological polar surface area (TPSA) is 56.5 Å². The maximum absolute atomic E-state index is 13.8. The Kier molecular flexibility index (Phi) is 12.0. The molecule has 1 aromatic rings. The zero-order chi connectivity index (χ0) is 27.6. The molecule has 4 rings (SSSR count). The molecule has 3 aliphatic carbocycles. The summed E-state index contributed by atoms with van der Waals surface area (Å²) in [6, 6.07) is 1.97. The third-order valence-corrected chi connectivity index (χ3v) is 10.7. The molecule has 0 spiro atoms. The van der Waals surface area contributed by atoms with E-state index in [0.29, 0.717) is 41.4 Å². The van der Waals surface area contributed by atoms with Crippen molar-refractivity contribution in [2.24, 2.45) is 23.7 Å². The molecular weight excluding hydrogens is 484 g/mol. The Balaban J connectivity index is 1.61. The summed E-state index contributed by atoms with van der Waals surface area (Å²) in [7, 11) is 0. The van der Waals surface area contributed by atoms with Crippen LogP contribution in [0.1, 0.15) is 172 Å². The summed E-state index contributed by atoms with van der Waals surface area (Å²) < 4.78 is 12.4. The SMILES string of the molecule is CCC(CC1CCCCC1)c1cc(OC(=O)CC(CC)C2CCCCC2)c([C@H](CC)C2CCCCC2)c(=O)o1. The average Bonchev–Trinajstić information content (AvgIpc) is 2.97. The van der Waals surface area contributed by atoms with Crippen molar-refractivity contribution in [3.63, 3.8) is 0 Å². The molecule has 0 N–H and O–H groups in total. The van der Waals surface area contributed by atoms with Crippen LogP contribution in [0.2, 0.25) is 0 Å². The highest BCUT2D eigenvalue weighted by atomic mass is 16.5. The summed E-state index contributed by atoms with van der Waals surface area (Å²) in [5, 5.41) is 0. The van der Waals surface area contributed by atoms with E-state index in [-0.39, 0.29) is 23.4 Å². The molecule has 0 aromatic carbocycles. The van der Waals surface area contributed by atoms with Gasteiger partial charge in [-0.25, -0.2) is 4.79 Å². The van der Waals surface area contributed by atoms with Crippen LogP contribution in [0, 0.1) is 23.7 Å². The van der Waals surface area contributed by atoms with Gasteiger partial charge in [0.15, 0.2) is 0 Å². The van der Waals surface area contributed by atoms with Crippen LogP contribution >= 0.6 is 0 Å². The summed E-state index contributed by atoms with van der Waals surface area (Å²) in [6.07, 6.45) is 23.2. The van der Waals surface area contributed by atoms with Gasteiger partial charge >= 0.3 is 11.6 Å². The normalized spacial score (nSPS) is 22.3. The second kappa shape index (κ2) is 15.4. The van der Waals surface area contributed by atoms with Crippen molar-refractivity contribution in [3.05, 3.63) is 27.8 Å². The van der Waals surface area contributed by atoms with E-state index in [1.807, 2.05) is 6.07 Å². The number of hydrogen-bond acceptors (Lipinski definition) is 4. The monoisotopic (exact) mass is 540 g/mol. The Bertz CT molecular complexity index is 930. The lowest BCUT2D eigenvalue weighted by molar-refractivity contribution is -0.136. The molecule has 4 heteroatoms. The molecule has 3 saturated carbocycles. The molecule has 3 aliphatic rings. The van der Waals surface area contributed by atoms with E-state index in [1.165, 1.54) is 83.5 Å². The van der Waals surface area contributed by atoms with Gasteiger partial charge in [0.1, 0.15) is 11.5 Å². The van der Waals surface area contributed by atoms with Gasteiger partial charge in [0, 0.05) is 18.4 Å². The van der Waals surface area contributed by atoms with Gasteiger partial charge < -0.3 is 9.15 Å². The first kappa shape index (κ1) is 30.4. The fourth-order valence-corrected chi connectivity index (χ4v) is 8.37. The minimum absolute atomic E-state index is 0.0946. The van der Waals surface area contributed by atoms with Crippen LogP contribution in [0.5, 0.6) is 5.75 Å². The molecule has 0 amide bonds. The predicted octanol–water partition coefficient (Wildman–Crippen LogP) is 10.1. The lowest BCUT2D eigenvalue weighted by Gasteiger charge is -2.31. The van der Waals surface area contributed by atoms with Gasteiger partial charge in [-0.1, -0.05) is 111 Å². The Labute approximate surface area is 238 Å². The predicted molar refractivity (Wildman–Crippen MR) is 159 cm³/mol. The number of carbonyl (C=O) groups is 1. The van der Waals surface area contributed by atoms with E-state index in [4.69, 9.17) is 9.15 Å². The molecule has 2 unspecified atom stereocenters. The Morgan fingerprint density at radius 3 is 1.97 bits per heavy atom. The first-order valence-corrected chi connectivity index (χ1v) is 16.9. The highest BCUT2D eigenvalue weighted by Gasteiger charge is 2.33. The van der Waals surface area contributed by atoms with E-state index in [9.17, 15) is 9.59 Å². The molecular formula is C35H56O4. The highest BCUT2D eigenvalue weighted by molar-refractivity contribution is 5.73. The van der Waals surface area contributed by atoms with E-state index in [1.54, 1.807) is 0 Å². The maximum atomic E-state index is 13.8. The van der Waals surface area contributed by atoms with Crippen LogP contribution in [0.4, 0.5) is 0 Å². The van der Waals surface area contributed by atoms with Gasteiger partial charge in [-0.3, -0.25) is 4.79 Å². The van der Waals surface area contributed by atoms with Crippen molar-refractivity contribution in [1.82, 2.24) is 0 Å². The Hall–Kier alpha value is -1.58. The van der Waals surface area contributed by atoms with Crippen LogP contribution in [0.15, 0.2) is 15.3 Å². The highest BCUT2D eigenvalue weighted by Crippen LogP contribution is 2.42. The van der Waals surface area contributed by atoms with E-state index in [0.717, 1.165) is 44.3 Å². The maximum Gasteiger partial charge on any atom is 0.343 e.